The normalized spacial score (nSPS) is 12.7. The van der Waals surface area contributed by atoms with Crippen LogP contribution in [0.1, 0.15) is 37.3 Å². The molecule has 1 unspecified atom stereocenters. The lowest BCUT2D eigenvalue weighted by molar-refractivity contribution is 0.508. The van der Waals surface area contributed by atoms with Crippen molar-refractivity contribution in [3.05, 3.63) is 35.4 Å². The van der Waals surface area contributed by atoms with Crippen LogP contribution in [0, 0.1) is 12.8 Å². The quantitative estimate of drug-likeness (QED) is 0.621. The van der Waals surface area contributed by atoms with E-state index < -0.39 is 0 Å². The molecule has 0 saturated carbocycles. The predicted octanol–water partition coefficient (Wildman–Crippen LogP) is 4.58. The third-order valence-electron chi connectivity index (χ3n) is 2.95. The highest BCUT2D eigenvalue weighted by molar-refractivity contribution is 6.18. The Kier molecular flexibility index (Phi) is 5.78. The lowest BCUT2D eigenvalue weighted by Gasteiger charge is -2.14. The van der Waals surface area contributed by atoms with Gasteiger partial charge in [-0.15, -0.1) is 11.6 Å². The number of alkyl halides is 1. The molecule has 1 aromatic rings. The van der Waals surface area contributed by atoms with Crippen LogP contribution in [0.15, 0.2) is 24.3 Å². The molecule has 0 radical (unpaired) electrons. The lowest BCUT2D eigenvalue weighted by atomic mass is 9.93. The summed E-state index contributed by atoms with van der Waals surface area (Å²) in [4.78, 5) is 0. The van der Waals surface area contributed by atoms with Crippen LogP contribution >= 0.6 is 11.6 Å². The van der Waals surface area contributed by atoms with Crippen LogP contribution in [0.5, 0.6) is 0 Å². The van der Waals surface area contributed by atoms with Gasteiger partial charge in [0.05, 0.1) is 0 Å². The van der Waals surface area contributed by atoms with E-state index in [4.69, 9.17) is 11.6 Å². The van der Waals surface area contributed by atoms with Gasteiger partial charge in [-0.25, -0.2) is 0 Å². The SMILES string of the molecule is CCCCC(CCl)Cc1ccccc1C. The van der Waals surface area contributed by atoms with Gasteiger partial charge in [0.1, 0.15) is 0 Å². The van der Waals surface area contributed by atoms with Gasteiger partial charge in [-0.05, 0) is 36.8 Å². The first kappa shape index (κ1) is 12.6. The fourth-order valence-corrected chi connectivity index (χ4v) is 2.14. The first-order valence-corrected chi connectivity index (χ1v) is 6.41. The molecule has 0 nitrogen and oxygen atoms in total. The minimum Gasteiger partial charge on any atom is -0.126 e. The van der Waals surface area contributed by atoms with Crippen LogP contribution < -0.4 is 0 Å². The third kappa shape index (κ3) is 4.25. The minimum absolute atomic E-state index is 0.646. The Morgan fingerprint density at radius 2 is 2.00 bits per heavy atom. The van der Waals surface area contributed by atoms with Crippen LogP contribution in [0.2, 0.25) is 0 Å². The van der Waals surface area contributed by atoms with Gasteiger partial charge in [0.15, 0.2) is 0 Å². The zero-order chi connectivity index (χ0) is 11.1. The summed E-state index contributed by atoms with van der Waals surface area (Å²) < 4.78 is 0. The number of halogens is 1. The maximum atomic E-state index is 6.01. The number of rotatable bonds is 6. The van der Waals surface area contributed by atoms with E-state index in [1.807, 2.05) is 0 Å². The second-order valence-electron chi connectivity index (χ2n) is 4.29. The number of aryl methyl sites for hydroxylation is 1. The summed E-state index contributed by atoms with van der Waals surface area (Å²) in [5, 5.41) is 0. The van der Waals surface area contributed by atoms with Gasteiger partial charge >= 0.3 is 0 Å². The van der Waals surface area contributed by atoms with Crippen molar-refractivity contribution in [3.8, 4) is 0 Å². The van der Waals surface area contributed by atoms with E-state index in [1.165, 1.54) is 30.4 Å². The van der Waals surface area contributed by atoms with Gasteiger partial charge < -0.3 is 0 Å². The Morgan fingerprint density at radius 3 is 2.60 bits per heavy atom. The van der Waals surface area contributed by atoms with E-state index in [0.717, 1.165) is 12.3 Å². The van der Waals surface area contributed by atoms with Crippen molar-refractivity contribution >= 4 is 11.6 Å². The maximum absolute atomic E-state index is 6.01. The standard InChI is InChI=1S/C14H21Cl/c1-3-4-8-13(11-15)10-14-9-6-5-7-12(14)2/h5-7,9,13H,3-4,8,10-11H2,1-2H3. The Bertz CT molecular complexity index is 280. The molecule has 0 saturated heterocycles. The summed E-state index contributed by atoms with van der Waals surface area (Å²) in [6, 6.07) is 8.62. The largest absolute Gasteiger partial charge is 0.126 e. The Labute approximate surface area is 98.7 Å². The number of hydrogen-bond donors (Lipinski definition) is 0. The van der Waals surface area contributed by atoms with Crippen molar-refractivity contribution in [2.45, 2.75) is 39.5 Å². The van der Waals surface area contributed by atoms with E-state index in [1.54, 1.807) is 0 Å². The number of hydrogen-bond acceptors (Lipinski definition) is 0. The summed E-state index contributed by atoms with van der Waals surface area (Å²) in [5.41, 5.74) is 2.85. The lowest BCUT2D eigenvalue weighted by Crippen LogP contribution is -2.07. The molecule has 0 heterocycles. The molecular weight excluding hydrogens is 204 g/mol. The molecule has 0 fully saturated rings. The average molecular weight is 225 g/mol. The highest BCUT2D eigenvalue weighted by Crippen LogP contribution is 2.19. The topological polar surface area (TPSA) is 0 Å². The molecule has 0 aliphatic carbocycles. The highest BCUT2D eigenvalue weighted by Gasteiger charge is 2.09. The fourth-order valence-electron chi connectivity index (χ4n) is 1.88. The molecule has 1 rings (SSSR count). The second-order valence-corrected chi connectivity index (χ2v) is 4.60. The van der Waals surface area contributed by atoms with Crippen LogP contribution in [-0.4, -0.2) is 5.88 Å². The first-order chi connectivity index (χ1) is 7.27. The van der Waals surface area contributed by atoms with Crippen molar-refractivity contribution in [3.63, 3.8) is 0 Å². The van der Waals surface area contributed by atoms with Crippen molar-refractivity contribution < 1.29 is 0 Å². The minimum atomic E-state index is 0.646. The van der Waals surface area contributed by atoms with Crippen LogP contribution in [-0.2, 0) is 6.42 Å². The van der Waals surface area contributed by atoms with Crippen molar-refractivity contribution in [2.75, 3.05) is 5.88 Å². The zero-order valence-corrected chi connectivity index (χ0v) is 10.6. The molecule has 0 aliphatic rings. The molecule has 15 heavy (non-hydrogen) atoms. The average Bonchev–Trinajstić information content (AvgIpc) is 2.26. The van der Waals surface area contributed by atoms with Crippen LogP contribution in [0.4, 0.5) is 0 Å². The number of benzene rings is 1. The summed E-state index contributed by atoms with van der Waals surface area (Å²) >= 11 is 6.01. The highest BCUT2D eigenvalue weighted by atomic mass is 35.5. The van der Waals surface area contributed by atoms with E-state index in [2.05, 4.69) is 38.1 Å². The van der Waals surface area contributed by atoms with Crippen LogP contribution in [0.3, 0.4) is 0 Å². The van der Waals surface area contributed by atoms with Gasteiger partial charge in [0.25, 0.3) is 0 Å². The summed E-state index contributed by atoms with van der Waals surface area (Å²) in [5.74, 6) is 1.43. The molecule has 1 heteroatoms. The van der Waals surface area contributed by atoms with Crippen molar-refractivity contribution in [1.82, 2.24) is 0 Å². The van der Waals surface area contributed by atoms with Gasteiger partial charge in [0.2, 0.25) is 0 Å². The molecule has 0 amide bonds. The van der Waals surface area contributed by atoms with E-state index in [9.17, 15) is 0 Å². The van der Waals surface area contributed by atoms with E-state index >= 15 is 0 Å². The summed E-state index contributed by atoms with van der Waals surface area (Å²) in [6.45, 7) is 4.42. The van der Waals surface area contributed by atoms with Gasteiger partial charge in [-0.2, -0.15) is 0 Å². The Morgan fingerprint density at radius 1 is 1.27 bits per heavy atom. The Balaban J connectivity index is 2.54. The van der Waals surface area contributed by atoms with Crippen molar-refractivity contribution in [1.29, 1.82) is 0 Å². The molecule has 0 bridgehead atoms. The molecule has 1 atom stereocenters. The molecular formula is C14H21Cl. The first-order valence-electron chi connectivity index (χ1n) is 5.88. The zero-order valence-electron chi connectivity index (χ0n) is 9.80. The fraction of sp³-hybridized carbons (Fsp3) is 0.571. The van der Waals surface area contributed by atoms with Gasteiger partial charge in [-0.1, -0.05) is 44.0 Å². The third-order valence-corrected chi connectivity index (χ3v) is 3.39. The second kappa shape index (κ2) is 6.90. The molecule has 0 aromatic heterocycles. The maximum Gasteiger partial charge on any atom is 0.0254 e. The molecule has 0 N–H and O–H groups in total. The van der Waals surface area contributed by atoms with E-state index in [-0.39, 0.29) is 0 Å². The summed E-state index contributed by atoms with van der Waals surface area (Å²) in [7, 11) is 0. The van der Waals surface area contributed by atoms with Gasteiger partial charge in [0, 0.05) is 5.88 Å². The molecule has 0 spiro atoms. The molecule has 84 valence electrons. The Hall–Kier alpha value is -0.490. The number of unbranched alkanes of at least 4 members (excludes halogenated alkanes) is 1. The summed E-state index contributed by atoms with van der Waals surface area (Å²) in [6.07, 6.45) is 4.95. The monoisotopic (exact) mass is 224 g/mol. The molecule has 0 aliphatic heterocycles. The molecule has 1 aromatic carbocycles. The van der Waals surface area contributed by atoms with Crippen LogP contribution in [0.25, 0.3) is 0 Å². The smallest absolute Gasteiger partial charge is 0.0254 e. The van der Waals surface area contributed by atoms with Gasteiger partial charge in [-0.3, -0.25) is 0 Å². The van der Waals surface area contributed by atoms with E-state index in [0.29, 0.717) is 5.92 Å². The van der Waals surface area contributed by atoms with Crippen molar-refractivity contribution in [2.24, 2.45) is 5.92 Å². The predicted molar refractivity (Wildman–Crippen MR) is 68.6 cm³/mol.